The van der Waals surface area contributed by atoms with Gasteiger partial charge in [0.25, 0.3) is 0 Å². The van der Waals surface area contributed by atoms with Crippen LogP contribution in [0.2, 0.25) is 5.02 Å². The van der Waals surface area contributed by atoms with E-state index in [0.29, 0.717) is 44.6 Å². The molecule has 1 aliphatic heterocycles. The number of aromatic nitrogens is 2. The highest BCUT2D eigenvalue weighted by Crippen LogP contribution is 2.40. The van der Waals surface area contributed by atoms with Crippen LogP contribution in [0.3, 0.4) is 0 Å². The van der Waals surface area contributed by atoms with Gasteiger partial charge in [-0.2, -0.15) is 11.8 Å². The Labute approximate surface area is 219 Å². The first-order valence-corrected chi connectivity index (χ1v) is 13.0. The first kappa shape index (κ1) is 27.3. The molecule has 0 radical (unpaired) electrons. The maximum Gasteiger partial charge on any atom is 0.336 e. The fourth-order valence-corrected chi connectivity index (χ4v) is 4.93. The predicted molar refractivity (Wildman–Crippen MR) is 139 cm³/mol. The third-order valence-electron chi connectivity index (χ3n) is 5.30. The molecule has 0 aliphatic carbocycles. The summed E-state index contributed by atoms with van der Waals surface area (Å²) in [6.45, 7) is 5.60. The Morgan fingerprint density at radius 3 is 2.53 bits per heavy atom. The summed E-state index contributed by atoms with van der Waals surface area (Å²) in [5.74, 6) is -1.01. The van der Waals surface area contributed by atoms with Crippen molar-refractivity contribution >= 4 is 41.2 Å². The minimum atomic E-state index is -0.719. The first-order chi connectivity index (χ1) is 17.3. The van der Waals surface area contributed by atoms with Crippen LogP contribution in [0.15, 0.2) is 65.5 Å². The molecule has 2 heterocycles. The Hall–Kier alpha value is -3.24. The summed E-state index contributed by atoms with van der Waals surface area (Å²) in [7, 11) is 0. The number of hydrogen-bond acceptors (Lipinski definition) is 8. The number of carbonyl (C=O) groups excluding carboxylic acids is 3. The van der Waals surface area contributed by atoms with E-state index in [2.05, 4.69) is 15.7 Å². The van der Waals surface area contributed by atoms with Crippen molar-refractivity contribution in [3.05, 3.63) is 76.1 Å². The lowest BCUT2D eigenvalue weighted by Crippen LogP contribution is -2.34. The smallest absolute Gasteiger partial charge is 0.336 e. The molecule has 0 fully saturated rings. The van der Waals surface area contributed by atoms with Gasteiger partial charge in [0.1, 0.15) is 6.33 Å². The predicted octanol–water partition coefficient (Wildman–Crippen LogP) is 3.77. The maximum absolute atomic E-state index is 13.2. The Balaban J connectivity index is 1.88. The van der Waals surface area contributed by atoms with E-state index in [4.69, 9.17) is 21.1 Å². The SMILES string of the molecule is CCOC(=O)C1=C(C)NC(CSCCC(=O)Nn2ccnc2)=C(C(=O)OCC)C1c1cccc(Cl)c1. The van der Waals surface area contributed by atoms with Gasteiger partial charge >= 0.3 is 11.9 Å². The molecule has 3 rings (SSSR count). The Morgan fingerprint density at radius 1 is 1.17 bits per heavy atom. The minimum absolute atomic E-state index is 0.158. The third-order valence-corrected chi connectivity index (χ3v) is 6.52. The number of hydrogen-bond donors (Lipinski definition) is 2. The highest BCUT2D eigenvalue weighted by atomic mass is 35.5. The normalized spacial score (nSPS) is 15.4. The lowest BCUT2D eigenvalue weighted by molar-refractivity contribution is -0.139. The second-order valence-corrected chi connectivity index (χ2v) is 9.33. The fraction of sp³-hybridized carbons (Fsp3) is 0.360. The molecule has 9 nitrogen and oxygen atoms in total. The molecule has 1 atom stereocenters. The van der Waals surface area contributed by atoms with Gasteiger partial charge in [-0.05, 0) is 38.5 Å². The zero-order valence-electron chi connectivity index (χ0n) is 20.4. The zero-order chi connectivity index (χ0) is 26.1. The van der Waals surface area contributed by atoms with Crippen molar-refractivity contribution in [2.24, 2.45) is 0 Å². The van der Waals surface area contributed by atoms with Crippen molar-refractivity contribution < 1.29 is 23.9 Å². The van der Waals surface area contributed by atoms with E-state index in [1.54, 1.807) is 51.4 Å². The van der Waals surface area contributed by atoms with Crippen molar-refractivity contribution in [2.45, 2.75) is 33.1 Å². The van der Waals surface area contributed by atoms with Crippen LogP contribution in [0.1, 0.15) is 38.7 Å². The number of carbonyl (C=O) groups is 3. The van der Waals surface area contributed by atoms with Gasteiger partial charge in [-0.25, -0.2) is 19.2 Å². The molecule has 1 unspecified atom stereocenters. The largest absolute Gasteiger partial charge is 0.463 e. The number of ether oxygens (including phenoxy) is 2. The Morgan fingerprint density at radius 2 is 1.89 bits per heavy atom. The van der Waals surface area contributed by atoms with Crippen LogP contribution in [0.5, 0.6) is 0 Å². The molecule has 2 aromatic rings. The lowest BCUT2D eigenvalue weighted by atomic mass is 9.80. The molecule has 1 amide bonds. The molecule has 1 aromatic carbocycles. The van der Waals surface area contributed by atoms with Gasteiger partial charge in [0.15, 0.2) is 0 Å². The van der Waals surface area contributed by atoms with E-state index < -0.39 is 17.9 Å². The summed E-state index contributed by atoms with van der Waals surface area (Å²) in [5.41, 5.74) is 5.23. The standard InChI is InChI=1S/C25H29ClN4O5S/c1-4-34-24(32)21-16(3)28-19(14-36-12-9-20(31)29-30-11-10-27-15-30)23(25(33)35-5-2)22(21)17-7-6-8-18(26)13-17/h6-8,10-11,13,15,22,28H,4-5,9,12,14H2,1-3H3,(H,29,31). The molecule has 1 aromatic heterocycles. The average molecular weight is 533 g/mol. The molecule has 0 spiro atoms. The summed E-state index contributed by atoms with van der Waals surface area (Å²) in [6, 6.07) is 7.05. The van der Waals surface area contributed by atoms with Crippen molar-refractivity contribution in [1.82, 2.24) is 15.0 Å². The van der Waals surface area contributed by atoms with E-state index in [9.17, 15) is 14.4 Å². The number of nitrogens with one attached hydrogen (secondary N) is 2. The van der Waals surface area contributed by atoms with Crippen LogP contribution in [0, 0.1) is 0 Å². The fourth-order valence-electron chi connectivity index (χ4n) is 3.82. The third kappa shape index (κ3) is 6.92. The van der Waals surface area contributed by atoms with Crippen LogP contribution in [0.25, 0.3) is 0 Å². The van der Waals surface area contributed by atoms with Crippen LogP contribution in [-0.2, 0) is 23.9 Å². The number of allylic oxidation sites excluding steroid dienone is 1. The van der Waals surface area contributed by atoms with E-state index >= 15 is 0 Å². The number of nitrogens with zero attached hydrogens (tertiary/aromatic N) is 2. The van der Waals surface area contributed by atoms with Crippen LogP contribution in [0.4, 0.5) is 0 Å². The van der Waals surface area contributed by atoms with Crippen molar-refractivity contribution in [1.29, 1.82) is 0 Å². The molecule has 0 saturated carbocycles. The van der Waals surface area contributed by atoms with Gasteiger partial charge in [-0.1, -0.05) is 23.7 Å². The highest BCUT2D eigenvalue weighted by Gasteiger charge is 2.38. The van der Waals surface area contributed by atoms with Crippen molar-refractivity contribution in [2.75, 3.05) is 30.1 Å². The quantitative estimate of drug-likeness (QED) is 0.332. The number of thioether (sulfide) groups is 1. The molecular formula is C25H29ClN4O5S. The number of imidazole rings is 1. The second kappa shape index (κ2) is 13.2. The molecule has 0 saturated heterocycles. The summed E-state index contributed by atoms with van der Waals surface area (Å²) in [4.78, 5) is 42.3. The number of benzene rings is 1. The van der Waals surface area contributed by atoms with Gasteiger partial charge in [0.2, 0.25) is 5.91 Å². The number of halogens is 1. The Kier molecular flexibility index (Phi) is 10.0. The molecule has 192 valence electrons. The maximum atomic E-state index is 13.2. The van der Waals surface area contributed by atoms with Crippen molar-refractivity contribution in [3.63, 3.8) is 0 Å². The van der Waals surface area contributed by atoms with Crippen LogP contribution >= 0.6 is 23.4 Å². The summed E-state index contributed by atoms with van der Waals surface area (Å²) in [6.07, 6.45) is 4.98. The molecule has 2 N–H and O–H groups in total. The highest BCUT2D eigenvalue weighted by molar-refractivity contribution is 7.99. The van der Waals surface area contributed by atoms with Gasteiger partial charge < -0.3 is 14.8 Å². The number of amides is 1. The first-order valence-electron chi connectivity index (χ1n) is 11.5. The molecule has 36 heavy (non-hydrogen) atoms. The Bertz CT molecular complexity index is 1160. The number of rotatable bonds is 11. The summed E-state index contributed by atoms with van der Waals surface area (Å²) >= 11 is 7.75. The lowest BCUT2D eigenvalue weighted by Gasteiger charge is -2.31. The van der Waals surface area contributed by atoms with Crippen LogP contribution in [-0.4, -0.2) is 52.2 Å². The summed E-state index contributed by atoms with van der Waals surface area (Å²) < 4.78 is 12.2. The molecule has 0 bridgehead atoms. The minimum Gasteiger partial charge on any atom is -0.463 e. The van der Waals surface area contributed by atoms with E-state index in [1.165, 1.54) is 22.8 Å². The topological polar surface area (TPSA) is 112 Å². The van der Waals surface area contributed by atoms with Gasteiger partial charge in [0, 0.05) is 46.7 Å². The van der Waals surface area contributed by atoms with Gasteiger partial charge in [0.05, 0.1) is 30.3 Å². The van der Waals surface area contributed by atoms with Crippen LogP contribution < -0.4 is 10.7 Å². The van der Waals surface area contributed by atoms with E-state index in [1.807, 2.05) is 6.07 Å². The molecule has 1 aliphatic rings. The second-order valence-electron chi connectivity index (χ2n) is 7.79. The van der Waals surface area contributed by atoms with E-state index in [0.717, 1.165) is 0 Å². The molecular weight excluding hydrogens is 504 g/mol. The summed E-state index contributed by atoms with van der Waals surface area (Å²) in [5, 5.41) is 3.71. The number of esters is 2. The monoisotopic (exact) mass is 532 g/mol. The van der Waals surface area contributed by atoms with E-state index in [-0.39, 0.29) is 25.5 Å². The average Bonchev–Trinajstić information content (AvgIpc) is 3.34. The zero-order valence-corrected chi connectivity index (χ0v) is 21.9. The van der Waals surface area contributed by atoms with Gasteiger partial charge in [-0.15, -0.1) is 0 Å². The molecule has 11 heteroatoms. The number of dihydropyridines is 1. The van der Waals surface area contributed by atoms with Gasteiger partial charge in [-0.3, -0.25) is 10.2 Å². The van der Waals surface area contributed by atoms with Crippen molar-refractivity contribution in [3.8, 4) is 0 Å².